The van der Waals surface area contributed by atoms with Crippen LogP contribution in [0, 0.1) is 16.0 Å². The third kappa shape index (κ3) is 3.65. The van der Waals surface area contributed by atoms with E-state index >= 15 is 0 Å². The Labute approximate surface area is 167 Å². The van der Waals surface area contributed by atoms with Crippen LogP contribution in [0.1, 0.15) is 19.8 Å². The van der Waals surface area contributed by atoms with Gasteiger partial charge in [0.25, 0.3) is 0 Å². The van der Waals surface area contributed by atoms with Crippen LogP contribution in [0.3, 0.4) is 0 Å². The van der Waals surface area contributed by atoms with E-state index in [-0.39, 0.29) is 22.5 Å². The van der Waals surface area contributed by atoms with E-state index in [9.17, 15) is 14.9 Å². The number of carbonyl (C=O) groups is 1. The monoisotopic (exact) mass is 394 g/mol. The second-order valence-electron chi connectivity index (χ2n) is 7.10. The van der Waals surface area contributed by atoms with E-state index in [0.717, 1.165) is 16.3 Å². The number of anilines is 1. The molecule has 8 nitrogen and oxygen atoms in total. The van der Waals surface area contributed by atoms with Crippen LogP contribution < -0.4 is 4.90 Å². The third-order valence-corrected chi connectivity index (χ3v) is 5.36. The zero-order valence-electron chi connectivity index (χ0n) is 16.1. The number of piperidine rings is 1. The number of esters is 1. The van der Waals surface area contributed by atoms with E-state index in [0.29, 0.717) is 44.0 Å². The Morgan fingerprint density at radius 3 is 2.66 bits per heavy atom. The number of aromatic amines is 1. The number of carbonyl (C=O) groups excluding carboxylic acids is 1. The Bertz CT molecular complexity index is 1050. The summed E-state index contributed by atoms with van der Waals surface area (Å²) in [6.07, 6.45) is 1.18. The number of aromatic nitrogens is 2. The number of nitrogens with zero attached hydrogens (tertiary/aromatic N) is 3. The first-order chi connectivity index (χ1) is 14.1. The van der Waals surface area contributed by atoms with E-state index < -0.39 is 0 Å². The van der Waals surface area contributed by atoms with Crippen LogP contribution >= 0.6 is 0 Å². The molecule has 29 heavy (non-hydrogen) atoms. The Balaban J connectivity index is 1.62. The quantitative estimate of drug-likeness (QED) is 0.400. The molecule has 0 spiro atoms. The van der Waals surface area contributed by atoms with Crippen molar-refractivity contribution in [2.24, 2.45) is 5.92 Å². The molecular weight excluding hydrogens is 372 g/mol. The predicted octanol–water partition coefficient (Wildman–Crippen LogP) is 3.92. The first-order valence-electron chi connectivity index (χ1n) is 9.72. The molecule has 0 amide bonds. The number of rotatable bonds is 5. The molecule has 0 aliphatic carbocycles. The molecule has 1 saturated heterocycles. The molecular formula is C21H22N4O4. The molecule has 1 N–H and O–H groups in total. The normalized spacial score (nSPS) is 14.9. The molecule has 0 radical (unpaired) electrons. The average molecular weight is 394 g/mol. The van der Waals surface area contributed by atoms with Crippen molar-refractivity contribution in [3.63, 3.8) is 0 Å². The second kappa shape index (κ2) is 7.90. The van der Waals surface area contributed by atoms with Gasteiger partial charge in [-0.2, -0.15) is 0 Å². The molecule has 2 aromatic carbocycles. The molecule has 1 fully saturated rings. The van der Waals surface area contributed by atoms with Crippen molar-refractivity contribution >= 4 is 28.2 Å². The lowest BCUT2D eigenvalue weighted by Crippen LogP contribution is -2.37. The van der Waals surface area contributed by atoms with E-state index in [1.54, 1.807) is 6.92 Å². The van der Waals surface area contributed by atoms with Gasteiger partial charge in [-0.1, -0.05) is 36.4 Å². The van der Waals surface area contributed by atoms with Gasteiger partial charge in [0.15, 0.2) is 0 Å². The van der Waals surface area contributed by atoms with Crippen LogP contribution in [0.2, 0.25) is 0 Å². The fourth-order valence-electron chi connectivity index (χ4n) is 3.85. The summed E-state index contributed by atoms with van der Waals surface area (Å²) in [5.41, 5.74) is 1.08. The number of ether oxygens (including phenoxy) is 1. The summed E-state index contributed by atoms with van der Waals surface area (Å²) in [4.78, 5) is 25.3. The fourth-order valence-corrected chi connectivity index (χ4v) is 3.85. The van der Waals surface area contributed by atoms with Crippen LogP contribution in [0.15, 0.2) is 42.5 Å². The molecule has 2 heterocycles. The minimum atomic E-state index is -0.388. The van der Waals surface area contributed by atoms with Crippen LogP contribution in [0.5, 0.6) is 0 Å². The molecule has 0 unspecified atom stereocenters. The fraction of sp³-hybridized carbons (Fsp3) is 0.333. The first-order valence-corrected chi connectivity index (χ1v) is 9.72. The van der Waals surface area contributed by atoms with Gasteiger partial charge < -0.3 is 9.64 Å². The molecule has 0 bridgehead atoms. The Kier molecular flexibility index (Phi) is 5.16. The van der Waals surface area contributed by atoms with Crippen LogP contribution in [-0.2, 0) is 9.53 Å². The molecule has 1 aromatic heterocycles. The predicted molar refractivity (Wildman–Crippen MR) is 110 cm³/mol. The van der Waals surface area contributed by atoms with E-state index in [4.69, 9.17) is 4.74 Å². The Morgan fingerprint density at radius 2 is 1.97 bits per heavy atom. The van der Waals surface area contributed by atoms with E-state index in [1.165, 1.54) is 0 Å². The van der Waals surface area contributed by atoms with E-state index in [2.05, 4.69) is 10.2 Å². The highest BCUT2D eigenvalue weighted by atomic mass is 16.6. The van der Waals surface area contributed by atoms with Crippen molar-refractivity contribution in [1.82, 2.24) is 10.2 Å². The van der Waals surface area contributed by atoms with Gasteiger partial charge in [0.2, 0.25) is 5.82 Å². The number of benzene rings is 2. The van der Waals surface area contributed by atoms with E-state index in [1.807, 2.05) is 47.4 Å². The highest BCUT2D eigenvalue weighted by Gasteiger charge is 2.33. The number of nitrogens with one attached hydrogen (secondary N) is 1. The van der Waals surface area contributed by atoms with Gasteiger partial charge in [-0.05, 0) is 36.6 Å². The lowest BCUT2D eigenvalue weighted by molar-refractivity contribution is -0.383. The van der Waals surface area contributed by atoms with Crippen molar-refractivity contribution in [2.75, 3.05) is 24.6 Å². The highest BCUT2D eigenvalue weighted by Crippen LogP contribution is 2.38. The minimum absolute atomic E-state index is 0.0325. The minimum Gasteiger partial charge on any atom is -0.466 e. The van der Waals surface area contributed by atoms with Gasteiger partial charge in [-0.15, -0.1) is 5.10 Å². The third-order valence-electron chi connectivity index (χ3n) is 5.36. The van der Waals surface area contributed by atoms with Crippen LogP contribution in [0.25, 0.3) is 22.0 Å². The summed E-state index contributed by atoms with van der Waals surface area (Å²) < 4.78 is 5.09. The topological polar surface area (TPSA) is 101 Å². The summed E-state index contributed by atoms with van der Waals surface area (Å²) in [6, 6.07) is 13.6. The van der Waals surface area contributed by atoms with Crippen molar-refractivity contribution in [3.05, 3.63) is 52.6 Å². The molecule has 150 valence electrons. The van der Waals surface area contributed by atoms with Crippen molar-refractivity contribution in [1.29, 1.82) is 0 Å². The summed E-state index contributed by atoms with van der Waals surface area (Å²) in [7, 11) is 0. The molecule has 0 saturated carbocycles. The number of H-pyrrole nitrogens is 1. The Morgan fingerprint density at radius 1 is 1.24 bits per heavy atom. The van der Waals surface area contributed by atoms with Crippen LogP contribution in [0.4, 0.5) is 11.5 Å². The van der Waals surface area contributed by atoms with Crippen molar-refractivity contribution < 1.29 is 14.5 Å². The largest absolute Gasteiger partial charge is 0.466 e. The summed E-state index contributed by atoms with van der Waals surface area (Å²) in [5.74, 6) is -0.0369. The maximum Gasteiger partial charge on any atom is 0.338 e. The first kappa shape index (κ1) is 18.9. The molecule has 3 aromatic rings. The zero-order valence-corrected chi connectivity index (χ0v) is 16.1. The van der Waals surface area contributed by atoms with Gasteiger partial charge in [0.05, 0.1) is 17.4 Å². The summed E-state index contributed by atoms with van der Waals surface area (Å²) >= 11 is 0. The average Bonchev–Trinajstić information content (AvgIpc) is 3.19. The van der Waals surface area contributed by atoms with Crippen molar-refractivity contribution in [3.8, 4) is 11.3 Å². The lowest BCUT2D eigenvalue weighted by Gasteiger charge is -2.30. The number of hydrogen-bond donors (Lipinski definition) is 1. The number of fused-ring (bicyclic) bond motifs is 1. The maximum absolute atomic E-state index is 11.9. The van der Waals surface area contributed by atoms with Gasteiger partial charge in [0.1, 0.15) is 5.69 Å². The lowest BCUT2D eigenvalue weighted by atomic mass is 9.97. The number of nitro groups is 1. The van der Waals surface area contributed by atoms with Gasteiger partial charge in [0, 0.05) is 18.7 Å². The van der Waals surface area contributed by atoms with Gasteiger partial charge >= 0.3 is 11.7 Å². The molecule has 1 aliphatic rings. The van der Waals surface area contributed by atoms with Crippen molar-refractivity contribution in [2.45, 2.75) is 19.8 Å². The van der Waals surface area contributed by atoms with Gasteiger partial charge in [-0.3, -0.25) is 20.0 Å². The SMILES string of the molecule is CCOC(=O)C1CCN(c2n[nH]c(-c3ccc4ccccc4c3)c2[N+](=O)[O-])CC1. The zero-order chi connectivity index (χ0) is 20.4. The van der Waals surface area contributed by atoms with Gasteiger partial charge in [-0.25, -0.2) is 0 Å². The molecule has 1 aliphatic heterocycles. The maximum atomic E-state index is 11.9. The summed E-state index contributed by atoms with van der Waals surface area (Å²) in [6.45, 7) is 3.19. The highest BCUT2D eigenvalue weighted by molar-refractivity contribution is 5.89. The molecule has 8 heteroatoms. The molecule has 0 atom stereocenters. The standard InChI is InChI=1S/C21H22N4O4/c1-2-29-21(26)15-9-11-24(12-10-15)20-19(25(27)28)18(22-23-20)17-8-7-14-5-3-4-6-16(14)13-17/h3-8,13,15H,2,9-12H2,1H3,(H,22,23). The Hall–Kier alpha value is -3.42. The smallest absolute Gasteiger partial charge is 0.338 e. The van der Waals surface area contributed by atoms with Crippen LogP contribution in [-0.4, -0.2) is 40.8 Å². The second-order valence-corrected chi connectivity index (χ2v) is 7.10. The number of hydrogen-bond acceptors (Lipinski definition) is 6. The summed E-state index contributed by atoms with van der Waals surface area (Å²) in [5, 5.41) is 21.1. The molecule has 4 rings (SSSR count).